The fourth-order valence-electron chi connectivity index (χ4n) is 4.68. The summed E-state index contributed by atoms with van der Waals surface area (Å²) in [5.41, 5.74) is 4.22. The largest absolute Gasteiger partial charge is 0.490 e. The van der Waals surface area contributed by atoms with E-state index in [1.807, 2.05) is 36.9 Å². The summed E-state index contributed by atoms with van der Waals surface area (Å²) in [7, 11) is 0. The lowest BCUT2D eigenvalue weighted by Gasteiger charge is -2.37. The Balaban J connectivity index is 1.38. The molecule has 0 unspecified atom stereocenters. The molecule has 1 aliphatic carbocycles. The van der Waals surface area contributed by atoms with E-state index in [1.165, 1.54) is 0 Å². The first-order valence-corrected chi connectivity index (χ1v) is 11.7. The molecule has 3 aromatic rings. The number of nitriles is 1. The Kier molecular flexibility index (Phi) is 5.70. The van der Waals surface area contributed by atoms with Gasteiger partial charge in [-0.25, -0.2) is 4.79 Å². The molecule has 8 heteroatoms. The second kappa shape index (κ2) is 8.82. The van der Waals surface area contributed by atoms with Crippen LogP contribution in [0.15, 0.2) is 40.9 Å². The van der Waals surface area contributed by atoms with Crippen LogP contribution in [-0.2, 0) is 6.42 Å². The van der Waals surface area contributed by atoms with Crippen molar-refractivity contribution in [3.8, 4) is 34.7 Å². The number of hydrogen-bond donors (Lipinski definition) is 1. The van der Waals surface area contributed by atoms with Crippen LogP contribution in [0.5, 0.6) is 5.75 Å². The maximum atomic E-state index is 12.5. The normalized spacial score (nSPS) is 17.3. The number of nitrogens with one attached hydrogen (secondary N) is 1. The predicted octanol–water partition coefficient (Wildman–Crippen LogP) is 4.71. The van der Waals surface area contributed by atoms with Crippen LogP contribution >= 0.6 is 0 Å². The lowest BCUT2D eigenvalue weighted by atomic mass is 10.0. The van der Waals surface area contributed by atoms with Crippen molar-refractivity contribution < 1.29 is 14.1 Å². The van der Waals surface area contributed by atoms with Crippen LogP contribution in [0.2, 0.25) is 0 Å². The van der Waals surface area contributed by atoms with Gasteiger partial charge in [0, 0.05) is 24.2 Å². The summed E-state index contributed by atoms with van der Waals surface area (Å²) in [5.74, 6) is 1.94. The molecule has 1 saturated heterocycles. The molecule has 2 aliphatic rings. The lowest BCUT2D eigenvalue weighted by Crippen LogP contribution is -2.53. The Morgan fingerprint density at radius 3 is 2.85 bits per heavy atom. The summed E-state index contributed by atoms with van der Waals surface area (Å²) in [5, 5.41) is 16.9. The maximum Gasteiger partial charge on any atom is 0.317 e. The SMILES string of the molecule is CC1CN(C(=O)N[C@H]2CCc3c(-c4noc(-c5ccc(OC(C)C)c(C#N)c5)n4)cccc32)C1. The van der Waals surface area contributed by atoms with Crippen molar-refractivity contribution in [2.24, 2.45) is 5.92 Å². The van der Waals surface area contributed by atoms with E-state index >= 15 is 0 Å². The molecule has 8 nitrogen and oxygen atoms in total. The molecule has 2 heterocycles. The number of hydrogen-bond acceptors (Lipinski definition) is 6. The van der Waals surface area contributed by atoms with E-state index in [1.54, 1.807) is 12.1 Å². The molecule has 2 aromatic carbocycles. The molecule has 34 heavy (non-hydrogen) atoms. The Hall–Kier alpha value is -3.86. The molecule has 1 atom stereocenters. The van der Waals surface area contributed by atoms with Gasteiger partial charge in [-0.15, -0.1) is 0 Å². The summed E-state index contributed by atoms with van der Waals surface area (Å²) in [6, 6.07) is 13.4. The van der Waals surface area contributed by atoms with Crippen LogP contribution in [0.3, 0.4) is 0 Å². The monoisotopic (exact) mass is 457 g/mol. The molecular formula is C26H27N5O3. The molecule has 1 aliphatic heterocycles. The third-order valence-electron chi connectivity index (χ3n) is 6.30. The highest BCUT2D eigenvalue weighted by Crippen LogP contribution is 2.38. The lowest BCUT2D eigenvalue weighted by molar-refractivity contribution is 0.127. The number of aromatic nitrogens is 2. The van der Waals surface area contributed by atoms with E-state index in [-0.39, 0.29) is 18.2 Å². The van der Waals surface area contributed by atoms with Crippen molar-refractivity contribution in [1.29, 1.82) is 5.26 Å². The molecule has 1 fully saturated rings. The van der Waals surface area contributed by atoms with E-state index in [4.69, 9.17) is 9.26 Å². The van der Waals surface area contributed by atoms with Gasteiger partial charge in [0.05, 0.1) is 17.7 Å². The molecule has 2 amide bonds. The fourth-order valence-corrected chi connectivity index (χ4v) is 4.68. The van der Waals surface area contributed by atoms with E-state index in [0.29, 0.717) is 34.5 Å². The molecule has 0 radical (unpaired) electrons. The third-order valence-corrected chi connectivity index (χ3v) is 6.30. The molecule has 0 spiro atoms. The molecule has 1 N–H and O–H groups in total. The summed E-state index contributed by atoms with van der Waals surface area (Å²) < 4.78 is 11.3. The highest BCUT2D eigenvalue weighted by atomic mass is 16.5. The highest BCUT2D eigenvalue weighted by Gasteiger charge is 2.32. The van der Waals surface area contributed by atoms with E-state index in [9.17, 15) is 10.1 Å². The van der Waals surface area contributed by atoms with Crippen LogP contribution in [0, 0.1) is 17.2 Å². The average Bonchev–Trinajstić information content (AvgIpc) is 3.44. The number of rotatable bonds is 5. The molecular weight excluding hydrogens is 430 g/mol. The smallest absolute Gasteiger partial charge is 0.317 e. The maximum absolute atomic E-state index is 12.5. The average molecular weight is 458 g/mol. The van der Waals surface area contributed by atoms with Gasteiger partial charge in [-0.2, -0.15) is 10.2 Å². The summed E-state index contributed by atoms with van der Waals surface area (Å²) in [6.45, 7) is 7.61. The second-order valence-corrected chi connectivity index (χ2v) is 9.34. The molecule has 5 rings (SSSR count). The number of nitrogens with zero attached hydrogens (tertiary/aromatic N) is 4. The van der Waals surface area contributed by atoms with Gasteiger partial charge in [-0.05, 0) is 61.9 Å². The van der Waals surface area contributed by atoms with Crippen molar-refractivity contribution in [3.05, 3.63) is 53.1 Å². The number of likely N-dealkylation sites (tertiary alicyclic amines) is 1. The number of carbonyl (C=O) groups is 1. The zero-order valence-electron chi connectivity index (χ0n) is 19.5. The van der Waals surface area contributed by atoms with Gasteiger partial charge in [-0.1, -0.05) is 30.3 Å². The summed E-state index contributed by atoms with van der Waals surface area (Å²) in [4.78, 5) is 19.0. The van der Waals surface area contributed by atoms with Crippen LogP contribution in [0.1, 0.15) is 49.9 Å². The van der Waals surface area contributed by atoms with Gasteiger partial charge in [0.15, 0.2) is 0 Å². The van der Waals surface area contributed by atoms with Crippen molar-refractivity contribution in [3.63, 3.8) is 0 Å². The number of ether oxygens (including phenoxy) is 1. The zero-order valence-corrected chi connectivity index (χ0v) is 19.5. The van der Waals surface area contributed by atoms with Crippen LogP contribution in [0.25, 0.3) is 22.8 Å². The first-order valence-electron chi connectivity index (χ1n) is 11.7. The predicted molar refractivity (Wildman–Crippen MR) is 126 cm³/mol. The molecule has 0 saturated carbocycles. The van der Waals surface area contributed by atoms with Gasteiger partial charge in [0.1, 0.15) is 11.8 Å². The van der Waals surface area contributed by atoms with Crippen LogP contribution < -0.4 is 10.1 Å². The van der Waals surface area contributed by atoms with E-state index in [2.05, 4.69) is 34.5 Å². The minimum Gasteiger partial charge on any atom is -0.490 e. The number of amides is 2. The molecule has 1 aromatic heterocycles. The summed E-state index contributed by atoms with van der Waals surface area (Å²) in [6.07, 6.45) is 1.64. The fraction of sp³-hybridized carbons (Fsp3) is 0.385. The standard InChI is InChI=1S/C26H27N5O3/c1-15(2)33-23-10-7-17(11-18(23)12-27)25-29-24(30-34-25)21-6-4-5-20-19(21)8-9-22(20)28-26(32)31-13-16(3)14-31/h4-7,10-11,15-16,22H,8-9,13-14H2,1-3H3,(H,28,32)/t22-/m0/s1. The van der Waals surface area contributed by atoms with E-state index in [0.717, 1.165) is 42.6 Å². The Morgan fingerprint density at radius 1 is 1.29 bits per heavy atom. The second-order valence-electron chi connectivity index (χ2n) is 9.34. The first-order chi connectivity index (χ1) is 16.4. The van der Waals surface area contributed by atoms with Crippen molar-refractivity contribution in [2.75, 3.05) is 13.1 Å². The quantitative estimate of drug-likeness (QED) is 0.595. The van der Waals surface area contributed by atoms with Crippen LogP contribution in [-0.4, -0.2) is 40.3 Å². The number of fused-ring (bicyclic) bond motifs is 1. The van der Waals surface area contributed by atoms with Crippen molar-refractivity contribution in [1.82, 2.24) is 20.4 Å². The van der Waals surface area contributed by atoms with Gasteiger partial charge in [0.2, 0.25) is 5.82 Å². The van der Waals surface area contributed by atoms with E-state index < -0.39 is 0 Å². The third kappa shape index (κ3) is 4.10. The van der Waals surface area contributed by atoms with Crippen LogP contribution in [0.4, 0.5) is 4.79 Å². The van der Waals surface area contributed by atoms with Gasteiger partial charge in [-0.3, -0.25) is 0 Å². The summed E-state index contributed by atoms with van der Waals surface area (Å²) >= 11 is 0. The van der Waals surface area contributed by atoms with Gasteiger partial charge in [0.25, 0.3) is 5.89 Å². The number of benzene rings is 2. The molecule has 174 valence electrons. The van der Waals surface area contributed by atoms with Gasteiger partial charge >= 0.3 is 6.03 Å². The minimum absolute atomic E-state index is 0.00129. The number of carbonyl (C=O) groups excluding carboxylic acids is 1. The van der Waals surface area contributed by atoms with Crippen molar-refractivity contribution >= 4 is 6.03 Å². The Morgan fingerprint density at radius 2 is 2.12 bits per heavy atom. The molecule has 0 bridgehead atoms. The highest BCUT2D eigenvalue weighted by molar-refractivity contribution is 5.76. The first kappa shape index (κ1) is 22.0. The zero-order chi connectivity index (χ0) is 23.8. The Bertz CT molecular complexity index is 1270. The Labute approximate surface area is 198 Å². The minimum atomic E-state index is -0.0313. The van der Waals surface area contributed by atoms with Gasteiger partial charge < -0.3 is 19.5 Å². The topological polar surface area (TPSA) is 104 Å². The van der Waals surface area contributed by atoms with Crippen molar-refractivity contribution in [2.45, 2.75) is 45.8 Å². The number of urea groups is 1.